The third-order valence-electron chi connectivity index (χ3n) is 4.32. The van der Waals surface area contributed by atoms with Crippen LogP contribution in [0.4, 0.5) is 0 Å². The zero-order chi connectivity index (χ0) is 21.0. The number of esters is 1. The quantitative estimate of drug-likeness (QED) is 0.199. The lowest BCUT2D eigenvalue weighted by Gasteiger charge is -2.13. The number of benzene rings is 2. The van der Waals surface area contributed by atoms with E-state index >= 15 is 0 Å². The topological polar surface area (TPSA) is 57.1 Å². The van der Waals surface area contributed by atoms with Crippen LogP contribution >= 0.6 is 34.2 Å². The standard InChI is InChI=1S/C22H21ClINO4/c1-4-5-8-28-20-16(23)10-14(12-19(20)27-3)11-18-22(26)29-21(25-18)15-6-7-17(24)13(2)9-15/h6-7,9-12H,4-5,8H2,1-3H3/b18-11-. The van der Waals surface area contributed by atoms with Crippen LogP contribution in [0, 0.1) is 10.5 Å². The van der Waals surface area contributed by atoms with Gasteiger partial charge in [0.15, 0.2) is 17.2 Å². The molecule has 0 saturated heterocycles. The van der Waals surface area contributed by atoms with Gasteiger partial charge in [-0.1, -0.05) is 24.9 Å². The van der Waals surface area contributed by atoms with Gasteiger partial charge in [0.2, 0.25) is 5.90 Å². The highest BCUT2D eigenvalue weighted by atomic mass is 127. The molecule has 2 aromatic carbocycles. The van der Waals surface area contributed by atoms with Gasteiger partial charge in [-0.15, -0.1) is 0 Å². The molecule has 1 aliphatic heterocycles. The van der Waals surface area contributed by atoms with Crippen LogP contribution in [-0.2, 0) is 9.53 Å². The molecule has 0 bridgehead atoms. The van der Waals surface area contributed by atoms with Gasteiger partial charge in [-0.05, 0) is 83.5 Å². The molecule has 29 heavy (non-hydrogen) atoms. The molecule has 7 heteroatoms. The Hall–Kier alpha value is -2.06. The SMILES string of the molecule is CCCCOc1c(Cl)cc(/C=C2\N=C(c3ccc(I)c(C)c3)OC2=O)cc1OC. The zero-order valence-corrected chi connectivity index (χ0v) is 19.3. The number of cyclic esters (lactones) is 1. The maximum Gasteiger partial charge on any atom is 0.363 e. The van der Waals surface area contributed by atoms with Crippen LogP contribution < -0.4 is 9.47 Å². The first-order chi connectivity index (χ1) is 13.9. The fraction of sp³-hybridized carbons (Fsp3) is 0.273. The lowest BCUT2D eigenvalue weighted by molar-refractivity contribution is -0.129. The number of aliphatic imine (C=N–C) groups is 1. The molecular weight excluding hydrogens is 505 g/mol. The first-order valence-electron chi connectivity index (χ1n) is 9.22. The molecule has 5 nitrogen and oxygen atoms in total. The molecule has 0 fully saturated rings. The summed E-state index contributed by atoms with van der Waals surface area (Å²) < 4.78 is 17.6. The Kier molecular flexibility index (Phi) is 7.18. The van der Waals surface area contributed by atoms with Gasteiger partial charge in [0.05, 0.1) is 18.7 Å². The Morgan fingerprint density at radius 2 is 2.07 bits per heavy atom. The number of nitrogens with zero attached hydrogens (tertiary/aromatic N) is 1. The van der Waals surface area contributed by atoms with E-state index in [4.69, 9.17) is 25.8 Å². The molecule has 0 spiro atoms. The first kappa shape index (κ1) is 21.6. The summed E-state index contributed by atoms with van der Waals surface area (Å²) in [4.78, 5) is 16.7. The third-order valence-corrected chi connectivity index (χ3v) is 5.82. The predicted octanol–water partition coefficient (Wildman–Crippen LogP) is 5.79. The van der Waals surface area contributed by atoms with Crippen LogP contribution in [0.1, 0.15) is 36.5 Å². The van der Waals surface area contributed by atoms with Gasteiger partial charge in [0, 0.05) is 9.13 Å². The summed E-state index contributed by atoms with van der Waals surface area (Å²) in [7, 11) is 1.55. The Labute approximate surface area is 188 Å². The lowest BCUT2D eigenvalue weighted by Crippen LogP contribution is -2.05. The molecule has 0 saturated carbocycles. The van der Waals surface area contributed by atoms with E-state index in [-0.39, 0.29) is 5.70 Å². The fourth-order valence-corrected chi connectivity index (χ4v) is 3.36. The van der Waals surface area contributed by atoms with Crippen molar-refractivity contribution in [1.82, 2.24) is 0 Å². The number of unbranched alkanes of at least 4 members (excludes halogenated alkanes) is 1. The first-order valence-corrected chi connectivity index (χ1v) is 10.7. The number of halogens is 2. The summed E-state index contributed by atoms with van der Waals surface area (Å²) in [5, 5.41) is 0.413. The third kappa shape index (κ3) is 5.11. The molecule has 1 aliphatic rings. The predicted molar refractivity (Wildman–Crippen MR) is 123 cm³/mol. The molecular formula is C22H21ClINO4. The molecule has 0 amide bonds. The number of rotatable bonds is 7. The summed E-state index contributed by atoms with van der Waals surface area (Å²) in [6.45, 7) is 4.64. The second-order valence-corrected chi connectivity index (χ2v) is 8.11. The minimum atomic E-state index is -0.505. The van der Waals surface area contributed by atoms with Crippen molar-refractivity contribution < 1.29 is 19.0 Å². The van der Waals surface area contributed by atoms with E-state index in [2.05, 4.69) is 34.5 Å². The van der Waals surface area contributed by atoms with Crippen molar-refractivity contribution in [2.75, 3.05) is 13.7 Å². The van der Waals surface area contributed by atoms with Crippen molar-refractivity contribution >= 4 is 52.1 Å². The van der Waals surface area contributed by atoms with Gasteiger partial charge in [0.1, 0.15) is 0 Å². The number of carbonyl (C=O) groups excluding carboxylic acids is 1. The van der Waals surface area contributed by atoms with E-state index in [0.717, 1.165) is 27.5 Å². The number of hydrogen-bond acceptors (Lipinski definition) is 5. The Bertz CT molecular complexity index is 1000. The van der Waals surface area contributed by atoms with E-state index in [9.17, 15) is 4.79 Å². The van der Waals surface area contributed by atoms with E-state index in [1.807, 2.05) is 25.1 Å². The summed E-state index contributed by atoms with van der Waals surface area (Å²) in [6.07, 6.45) is 3.57. The van der Waals surface area contributed by atoms with Crippen molar-refractivity contribution in [1.29, 1.82) is 0 Å². The molecule has 152 valence electrons. The molecule has 3 rings (SSSR count). The summed E-state index contributed by atoms with van der Waals surface area (Å²) >= 11 is 8.64. The van der Waals surface area contributed by atoms with Gasteiger partial charge < -0.3 is 14.2 Å². The van der Waals surface area contributed by atoms with Crippen molar-refractivity contribution in [3.8, 4) is 11.5 Å². The van der Waals surface area contributed by atoms with E-state index < -0.39 is 5.97 Å². The van der Waals surface area contributed by atoms with Gasteiger partial charge in [-0.3, -0.25) is 0 Å². The van der Waals surface area contributed by atoms with Crippen LogP contribution in [0.3, 0.4) is 0 Å². The largest absolute Gasteiger partial charge is 0.493 e. The van der Waals surface area contributed by atoms with Crippen LogP contribution in [0.15, 0.2) is 41.0 Å². The summed E-state index contributed by atoms with van der Waals surface area (Å²) in [5.74, 6) is 0.787. The average molecular weight is 526 g/mol. The Morgan fingerprint density at radius 3 is 2.76 bits per heavy atom. The normalized spacial score (nSPS) is 14.7. The second kappa shape index (κ2) is 9.63. The van der Waals surface area contributed by atoms with Crippen molar-refractivity contribution in [3.05, 3.63) is 61.3 Å². The van der Waals surface area contributed by atoms with Gasteiger partial charge >= 0.3 is 5.97 Å². The molecule has 1 heterocycles. The number of carbonyl (C=O) groups is 1. The highest BCUT2D eigenvalue weighted by Crippen LogP contribution is 2.37. The molecule has 0 N–H and O–H groups in total. The Balaban J connectivity index is 1.90. The van der Waals surface area contributed by atoms with Gasteiger partial charge in [-0.25, -0.2) is 9.79 Å². The maximum atomic E-state index is 12.3. The molecule has 0 aliphatic carbocycles. The number of ether oxygens (including phenoxy) is 3. The van der Waals surface area contributed by atoms with E-state index in [1.54, 1.807) is 25.3 Å². The molecule has 0 unspecified atom stereocenters. The minimum absolute atomic E-state index is 0.203. The average Bonchev–Trinajstić information content (AvgIpc) is 3.05. The zero-order valence-electron chi connectivity index (χ0n) is 16.4. The molecule has 0 atom stereocenters. The van der Waals surface area contributed by atoms with Crippen LogP contribution in [0.5, 0.6) is 11.5 Å². The van der Waals surface area contributed by atoms with Gasteiger partial charge in [0.25, 0.3) is 0 Å². The number of hydrogen-bond donors (Lipinski definition) is 0. The maximum absolute atomic E-state index is 12.3. The molecule has 0 radical (unpaired) electrons. The second-order valence-electron chi connectivity index (χ2n) is 6.54. The molecule has 0 aromatic heterocycles. The summed E-state index contributed by atoms with van der Waals surface area (Å²) in [5.41, 5.74) is 2.73. The highest BCUT2D eigenvalue weighted by Gasteiger charge is 2.25. The lowest BCUT2D eigenvalue weighted by atomic mass is 10.1. The minimum Gasteiger partial charge on any atom is -0.493 e. The van der Waals surface area contributed by atoms with Crippen LogP contribution in [0.25, 0.3) is 6.08 Å². The number of methoxy groups -OCH3 is 1. The highest BCUT2D eigenvalue weighted by molar-refractivity contribution is 14.1. The fourth-order valence-electron chi connectivity index (χ4n) is 2.75. The van der Waals surface area contributed by atoms with E-state index in [0.29, 0.717) is 34.6 Å². The number of aryl methyl sites for hydroxylation is 1. The monoisotopic (exact) mass is 525 g/mol. The van der Waals surface area contributed by atoms with E-state index in [1.165, 1.54) is 0 Å². The Morgan fingerprint density at radius 1 is 1.28 bits per heavy atom. The molecule has 2 aromatic rings. The summed E-state index contributed by atoms with van der Waals surface area (Å²) in [6, 6.07) is 9.26. The van der Waals surface area contributed by atoms with Gasteiger partial charge in [-0.2, -0.15) is 0 Å². The van der Waals surface area contributed by atoms with Crippen molar-refractivity contribution in [3.63, 3.8) is 0 Å². The van der Waals surface area contributed by atoms with Crippen molar-refractivity contribution in [2.24, 2.45) is 4.99 Å². The van der Waals surface area contributed by atoms with Crippen LogP contribution in [0.2, 0.25) is 5.02 Å². The van der Waals surface area contributed by atoms with Crippen LogP contribution in [-0.4, -0.2) is 25.6 Å². The van der Waals surface area contributed by atoms with Crippen molar-refractivity contribution in [2.45, 2.75) is 26.7 Å². The smallest absolute Gasteiger partial charge is 0.363 e.